The molecule has 0 aliphatic carbocycles. The van der Waals surface area contributed by atoms with Gasteiger partial charge in [-0.05, 0) is 37.3 Å². The maximum Gasteiger partial charge on any atom is 0.159 e. The molecule has 1 aromatic heterocycles. The molecule has 1 heterocycles. The molecule has 126 valence electrons. The van der Waals surface area contributed by atoms with E-state index < -0.39 is 0 Å². The minimum absolute atomic E-state index is 0.0219. The predicted octanol–water partition coefficient (Wildman–Crippen LogP) is 4.35. The number of benzene rings is 2. The van der Waals surface area contributed by atoms with E-state index in [4.69, 9.17) is 5.73 Å². The average Bonchev–Trinajstić information content (AvgIpc) is 3.05. The van der Waals surface area contributed by atoms with E-state index in [0.717, 1.165) is 21.8 Å². The molecular weight excluding hydrogens is 337 g/mol. The highest BCUT2D eigenvalue weighted by Gasteiger charge is 2.05. The minimum Gasteiger partial charge on any atom is -0.398 e. The number of Topliss-reactive ketones (excluding diaryl/α,β-unsaturated/α-hetero) is 1. The van der Waals surface area contributed by atoms with Crippen molar-refractivity contribution in [3.8, 4) is 11.3 Å². The van der Waals surface area contributed by atoms with Gasteiger partial charge >= 0.3 is 0 Å². The maximum absolute atomic E-state index is 13.0. The third kappa shape index (κ3) is 4.16. The van der Waals surface area contributed by atoms with Gasteiger partial charge in [0.05, 0.1) is 12.2 Å². The van der Waals surface area contributed by atoms with Gasteiger partial charge in [-0.1, -0.05) is 12.1 Å². The molecule has 4 nitrogen and oxygen atoms in total. The number of aliphatic imine (C=N–C) groups is 1. The lowest BCUT2D eigenvalue weighted by atomic mass is 10.1. The Morgan fingerprint density at radius 2 is 2.04 bits per heavy atom. The number of carbonyl (C=O) groups excluding carboxylic acids is 1. The molecule has 0 radical (unpaired) electrons. The molecule has 0 amide bonds. The molecule has 0 spiro atoms. The molecule has 2 N–H and O–H groups in total. The molecule has 0 aliphatic heterocycles. The predicted molar refractivity (Wildman–Crippen MR) is 99.7 cm³/mol. The van der Waals surface area contributed by atoms with E-state index >= 15 is 0 Å². The Bertz CT molecular complexity index is 932. The summed E-state index contributed by atoms with van der Waals surface area (Å²) >= 11 is 1.50. The SMILES string of the molecule is CC(=O)c1ccc(C=NCc2nc(-c3ccc(F)cc3)cs2)c(N)c1. The Morgan fingerprint density at radius 1 is 1.28 bits per heavy atom. The first kappa shape index (κ1) is 17.0. The van der Waals surface area contributed by atoms with Crippen molar-refractivity contribution < 1.29 is 9.18 Å². The quantitative estimate of drug-likeness (QED) is 0.421. The number of ketones is 1. The number of hydrogen-bond acceptors (Lipinski definition) is 5. The van der Waals surface area contributed by atoms with Crippen LogP contribution in [0.5, 0.6) is 0 Å². The summed E-state index contributed by atoms with van der Waals surface area (Å²) in [4.78, 5) is 20.2. The topological polar surface area (TPSA) is 68.3 Å². The monoisotopic (exact) mass is 353 g/mol. The maximum atomic E-state index is 13.0. The van der Waals surface area contributed by atoms with Gasteiger partial charge in [-0.3, -0.25) is 9.79 Å². The van der Waals surface area contributed by atoms with E-state index in [0.29, 0.717) is 17.8 Å². The van der Waals surface area contributed by atoms with Crippen LogP contribution in [-0.4, -0.2) is 17.0 Å². The van der Waals surface area contributed by atoms with Crippen molar-refractivity contribution in [2.75, 3.05) is 5.73 Å². The van der Waals surface area contributed by atoms with Crippen LogP contribution in [0.4, 0.5) is 10.1 Å². The fourth-order valence-corrected chi connectivity index (χ4v) is 3.01. The van der Waals surface area contributed by atoms with Gasteiger partial charge in [0, 0.05) is 34.0 Å². The molecule has 0 saturated heterocycles. The van der Waals surface area contributed by atoms with Gasteiger partial charge < -0.3 is 5.73 Å². The Hall–Kier alpha value is -2.86. The molecule has 0 atom stereocenters. The molecular formula is C19H16FN3OS. The largest absolute Gasteiger partial charge is 0.398 e. The molecule has 3 aromatic rings. The number of thiazole rings is 1. The van der Waals surface area contributed by atoms with E-state index in [-0.39, 0.29) is 11.6 Å². The smallest absolute Gasteiger partial charge is 0.159 e. The molecule has 25 heavy (non-hydrogen) atoms. The first-order valence-corrected chi connectivity index (χ1v) is 8.51. The lowest BCUT2D eigenvalue weighted by Gasteiger charge is -2.02. The van der Waals surface area contributed by atoms with Crippen LogP contribution in [0.2, 0.25) is 0 Å². The van der Waals surface area contributed by atoms with E-state index in [1.54, 1.807) is 36.5 Å². The molecule has 0 unspecified atom stereocenters. The highest BCUT2D eigenvalue weighted by Crippen LogP contribution is 2.22. The summed E-state index contributed by atoms with van der Waals surface area (Å²) in [5, 5.41) is 2.78. The number of anilines is 1. The molecule has 0 saturated carbocycles. The number of hydrogen-bond donors (Lipinski definition) is 1. The zero-order chi connectivity index (χ0) is 17.8. The third-order valence-corrected chi connectivity index (χ3v) is 4.48. The number of halogens is 1. The Morgan fingerprint density at radius 3 is 2.72 bits per heavy atom. The Labute approximate surface area is 148 Å². The van der Waals surface area contributed by atoms with Crippen molar-refractivity contribution >= 4 is 29.0 Å². The summed E-state index contributed by atoms with van der Waals surface area (Å²) < 4.78 is 13.0. The van der Waals surface area contributed by atoms with Crippen molar-refractivity contribution in [1.29, 1.82) is 0 Å². The Kier molecular flexibility index (Phi) is 5.00. The molecule has 2 aromatic carbocycles. The van der Waals surface area contributed by atoms with Crippen LogP contribution in [0, 0.1) is 5.82 Å². The number of nitrogens with two attached hydrogens (primary N) is 1. The molecule has 0 fully saturated rings. The summed E-state index contributed by atoms with van der Waals surface area (Å²) in [6.45, 7) is 1.93. The molecule has 3 rings (SSSR count). The highest BCUT2D eigenvalue weighted by atomic mass is 32.1. The van der Waals surface area contributed by atoms with Crippen LogP contribution < -0.4 is 5.73 Å². The first-order chi connectivity index (χ1) is 12.0. The van der Waals surface area contributed by atoms with Crippen molar-refractivity contribution in [3.63, 3.8) is 0 Å². The number of nitrogens with zero attached hydrogens (tertiary/aromatic N) is 2. The van der Waals surface area contributed by atoms with Crippen molar-refractivity contribution in [1.82, 2.24) is 4.98 Å². The second-order valence-electron chi connectivity index (χ2n) is 5.50. The minimum atomic E-state index is -0.266. The van der Waals surface area contributed by atoms with Gasteiger partial charge in [-0.2, -0.15) is 0 Å². The standard InChI is InChI=1S/C19H16FN3OS/c1-12(24)14-2-3-15(17(21)8-14)9-22-10-19-23-18(11-25-19)13-4-6-16(20)7-5-13/h2-9,11H,10,21H2,1H3. The van der Waals surface area contributed by atoms with Crippen LogP contribution in [-0.2, 0) is 6.54 Å². The molecule has 6 heteroatoms. The van der Waals surface area contributed by atoms with E-state index in [1.165, 1.54) is 30.4 Å². The van der Waals surface area contributed by atoms with Gasteiger partial charge in [0.25, 0.3) is 0 Å². The fourth-order valence-electron chi connectivity index (χ4n) is 2.27. The normalized spacial score (nSPS) is 11.1. The second-order valence-corrected chi connectivity index (χ2v) is 6.45. The average molecular weight is 353 g/mol. The van der Waals surface area contributed by atoms with Crippen molar-refractivity contribution in [2.24, 2.45) is 4.99 Å². The fraction of sp³-hybridized carbons (Fsp3) is 0.105. The van der Waals surface area contributed by atoms with Gasteiger partial charge in [0.15, 0.2) is 5.78 Å². The second kappa shape index (κ2) is 7.36. The summed E-state index contributed by atoms with van der Waals surface area (Å²) in [6.07, 6.45) is 1.68. The Balaban J connectivity index is 1.69. The van der Waals surface area contributed by atoms with Crippen LogP contribution in [0.1, 0.15) is 27.9 Å². The molecule has 0 bridgehead atoms. The lowest BCUT2D eigenvalue weighted by Crippen LogP contribution is -1.98. The van der Waals surface area contributed by atoms with E-state index in [9.17, 15) is 9.18 Å². The van der Waals surface area contributed by atoms with E-state index in [1.807, 2.05) is 5.38 Å². The summed E-state index contributed by atoms with van der Waals surface area (Å²) in [5.41, 5.74) is 9.48. The van der Waals surface area contributed by atoms with Crippen LogP contribution in [0.25, 0.3) is 11.3 Å². The summed E-state index contributed by atoms with van der Waals surface area (Å²) in [6, 6.07) is 11.4. The lowest BCUT2D eigenvalue weighted by molar-refractivity contribution is 0.101. The zero-order valence-corrected chi connectivity index (χ0v) is 14.4. The zero-order valence-electron chi connectivity index (χ0n) is 13.6. The highest BCUT2D eigenvalue weighted by molar-refractivity contribution is 7.09. The summed E-state index contributed by atoms with van der Waals surface area (Å²) in [7, 11) is 0. The first-order valence-electron chi connectivity index (χ1n) is 7.63. The van der Waals surface area contributed by atoms with Crippen molar-refractivity contribution in [3.05, 3.63) is 69.8 Å². The van der Waals surface area contributed by atoms with Crippen LogP contribution in [0.3, 0.4) is 0 Å². The van der Waals surface area contributed by atoms with Gasteiger partial charge in [0.2, 0.25) is 0 Å². The van der Waals surface area contributed by atoms with Crippen LogP contribution in [0.15, 0.2) is 52.8 Å². The van der Waals surface area contributed by atoms with E-state index in [2.05, 4.69) is 9.98 Å². The summed E-state index contributed by atoms with van der Waals surface area (Å²) in [5.74, 6) is -0.288. The van der Waals surface area contributed by atoms with Gasteiger partial charge in [0.1, 0.15) is 10.8 Å². The number of aromatic nitrogens is 1. The van der Waals surface area contributed by atoms with Gasteiger partial charge in [-0.25, -0.2) is 9.37 Å². The van der Waals surface area contributed by atoms with Crippen molar-refractivity contribution in [2.45, 2.75) is 13.5 Å². The van der Waals surface area contributed by atoms with Crippen LogP contribution >= 0.6 is 11.3 Å². The van der Waals surface area contributed by atoms with Gasteiger partial charge in [-0.15, -0.1) is 11.3 Å². The molecule has 0 aliphatic rings. The number of nitrogen functional groups attached to an aromatic ring is 1. The number of carbonyl (C=O) groups is 1. The third-order valence-electron chi connectivity index (χ3n) is 3.64. The number of rotatable bonds is 5.